The normalized spacial score (nSPS) is 10.3. The van der Waals surface area contributed by atoms with E-state index in [-0.39, 0.29) is 17.6 Å². The number of hydrogen-bond donors (Lipinski definition) is 2. The van der Waals surface area contributed by atoms with Gasteiger partial charge in [-0.25, -0.2) is 0 Å². The Morgan fingerprint density at radius 2 is 1.46 bits per heavy atom. The first-order chi connectivity index (χ1) is 12.7. The van der Waals surface area contributed by atoms with Crippen molar-refractivity contribution in [2.75, 3.05) is 13.1 Å². The van der Waals surface area contributed by atoms with E-state index >= 15 is 0 Å². The largest absolute Gasteiger partial charge is 0.459 e. The molecule has 26 heavy (non-hydrogen) atoms. The van der Waals surface area contributed by atoms with E-state index in [0.717, 1.165) is 16.7 Å². The van der Waals surface area contributed by atoms with Crippen molar-refractivity contribution in [3.05, 3.63) is 84.3 Å². The average Bonchev–Trinajstić information content (AvgIpc) is 3.21. The van der Waals surface area contributed by atoms with Gasteiger partial charge in [-0.2, -0.15) is 0 Å². The van der Waals surface area contributed by atoms with Crippen LogP contribution in [0.3, 0.4) is 0 Å². The Morgan fingerprint density at radius 3 is 2.15 bits per heavy atom. The minimum absolute atomic E-state index is 0.0790. The molecule has 3 aromatic rings. The van der Waals surface area contributed by atoms with Crippen LogP contribution < -0.4 is 10.6 Å². The Bertz CT molecular complexity index is 841. The van der Waals surface area contributed by atoms with Crippen molar-refractivity contribution in [3.63, 3.8) is 0 Å². The molecule has 0 fully saturated rings. The van der Waals surface area contributed by atoms with Crippen molar-refractivity contribution in [2.24, 2.45) is 0 Å². The summed E-state index contributed by atoms with van der Waals surface area (Å²) in [6.45, 7) is 0.714. The maximum Gasteiger partial charge on any atom is 0.287 e. The molecular weight excluding hydrogens is 328 g/mol. The lowest BCUT2D eigenvalue weighted by Gasteiger charge is -2.07. The molecule has 0 radical (unpaired) electrons. The van der Waals surface area contributed by atoms with Gasteiger partial charge in [-0.15, -0.1) is 0 Å². The Balaban J connectivity index is 1.41. The molecular formula is C21H20N2O3. The van der Waals surface area contributed by atoms with Crippen LogP contribution in [0.1, 0.15) is 16.1 Å². The average molecular weight is 348 g/mol. The number of furan rings is 1. The first-order valence-electron chi connectivity index (χ1n) is 8.45. The van der Waals surface area contributed by atoms with Crippen LogP contribution in [0.2, 0.25) is 0 Å². The number of carbonyl (C=O) groups is 2. The summed E-state index contributed by atoms with van der Waals surface area (Å²) < 4.78 is 4.99. The Morgan fingerprint density at radius 1 is 0.769 bits per heavy atom. The van der Waals surface area contributed by atoms with E-state index in [0.29, 0.717) is 19.5 Å². The summed E-state index contributed by atoms with van der Waals surface area (Å²) in [6, 6.07) is 21.3. The van der Waals surface area contributed by atoms with Crippen molar-refractivity contribution in [1.29, 1.82) is 0 Å². The first kappa shape index (κ1) is 17.5. The fraction of sp³-hybridized carbons (Fsp3) is 0.143. The van der Waals surface area contributed by atoms with E-state index < -0.39 is 0 Å². The molecule has 5 nitrogen and oxygen atoms in total. The van der Waals surface area contributed by atoms with Crippen molar-refractivity contribution < 1.29 is 14.0 Å². The highest BCUT2D eigenvalue weighted by Gasteiger charge is 2.08. The summed E-state index contributed by atoms with van der Waals surface area (Å²) >= 11 is 0. The van der Waals surface area contributed by atoms with E-state index in [1.165, 1.54) is 6.26 Å². The molecule has 0 bridgehead atoms. The van der Waals surface area contributed by atoms with E-state index in [2.05, 4.69) is 22.8 Å². The molecule has 2 aromatic carbocycles. The van der Waals surface area contributed by atoms with Crippen molar-refractivity contribution in [3.8, 4) is 11.1 Å². The summed E-state index contributed by atoms with van der Waals surface area (Å²) in [7, 11) is 0. The fourth-order valence-corrected chi connectivity index (χ4v) is 2.57. The molecule has 1 heterocycles. The Hall–Kier alpha value is -3.34. The predicted molar refractivity (Wildman–Crippen MR) is 99.6 cm³/mol. The van der Waals surface area contributed by atoms with Crippen molar-refractivity contribution in [1.82, 2.24) is 10.6 Å². The second-order valence-electron chi connectivity index (χ2n) is 5.82. The number of amides is 2. The molecule has 0 saturated carbocycles. The maximum atomic E-state index is 12.0. The van der Waals surface area contributed by atoms with Gasteiger partial charge in [-0.3, -0.25) is 9.59 Å². The zero-order chi connectivity index (χ0) is 18.2. The Kier molecular flexibility index (Phi) is 5.83. The summed E-state index contributed by atoms with van der Waals surface area (Å²) in [5.74, 6) is -0.111. The number of rotatable bonds is 7. The summed E-state index contributed by atoms with van der Waals surface area (Å²) in [4.78, 5) is 23.7. The molecule has 1 aromatic heterocycles. The van der Waals surface area contributed by atoms with Crippen LogP contribution in [-0.2, 0) is 11.2 Å². The number of carbonyl (C=O) groups excluding carboxylic acids is 2. The molecule has 0 spiro atoms. The van der Waals surface area contributed by atoms with E-state index in [9.17, 15) is 9.59 Å². The highest BCUT2D eigenvalue weighted by molar-refractivity contribution is 5.91. The molecule has 0 atom stereocenters. The molecule has 0 aliphatic carbocycles. The number of nitrogens with one attached hydrogen (secondary N) is 2. The fourth-order valence-electron chi connectivity index (χ4n) is 2.57. The summed E-state index contributed by atoms with van der Waals surface area (Å²) in [5, 5.41) is 5.48. The topological polar surface area (TPSA) is 71.3 Å². The SMILES string of the molecule is O=C(Cc1ccc(-c2ccccc2)cc1)NCCNC(=O)c1ccco1. The monoisotopic (exact) mass is 348 g/mol. The molecule has 0 aliphatic rings. The molecule has 0 saturated heterocycles. The van der Waals surface area contributed by atoms with Crippen LogP contribution >= 0.6 is 0 Å². The summed E-state index contributed by atoms with van der Waals surface area (Å²) in [5.41, 5.74) is 3.22. The molecule has 0 unspecified atom stereocenters. The van der Waals surface area contributed by atoms with Gasteiger partial charge in [0.05, 0.1) is 12.7 Å². The van der Waals surface area contributed by atoms with E-state index in [1.54, 1.807) is 12.1 Å². The van der Waals surface area contributed by atoms with Crippen LogP contribution in [0.5, 0.6) is 0 Å². The third-order valence-corrected chi connectivity index (χ3v) is 3.90. The van der Waals surface area contributed by atoms with Crippen LogP contribution in [0, 0.1) is 0 Å². The molecule has 0 aliphatic heterocycles. The zero-order valence-electron chi connectivity index (χ0n) is 14.3. The molecule has 3 rings (SSSR count). The predicted octanol–water partition coefficient (Wildman–Crippen LogP) is 3.04. The third-order valence-electron chi connectivity index (χ3n) is 3.90. The maximum absolute atomic E-state index is 12.0. The van der Waals surface area contributed by atoms with Gasteiger partial charge in [0, 0.05) is 13.1 Å². The van der Waals surface area contributed by atoms with Gasteiger partial charge in [-0.05, 0) is 28.8 Å². The van der Waals surface area contributed by atoms with Crippen molar-refractivity contribution in [2.45, 2.75) is 6.42 Å². The van der Waals surface area contributed by atoms with Crippen molar-refractivity contribution >= 4 is 11.8 Å². The highest BCUT2D eigenvalue weighted by atomic mass is 16.3. The second kappa shape index (κ2) is 8.67. The molecule has 2 amide bonds. The van der Waals surface area contributed by atoms with Gasteiger partial charge < -0.3 is 15.1 Å². The van der Waals surface area contributed by atoms with Gasteiger partial charge in [0.2, 0.25) is 5.91 Å². The van der Waals surface area contributed by atoms with E-state index in [4.69, 9.17) is 4.42 Å². The van der Waals surface area contributed by atoms with Gasteiger partial charge >= 0.3 is 0 Å². The third kappa shape index (κ3) is 4.83. The lowest BCUT2D eigenvalue weighted by molar-refractivity contribution is -0.120. The van der Waals surface area contributed by atoms with Gasteiger partial charge in [0.25, 0.3) is 5.91 Å². The summed E-state index contributed by atoms with van der Waals surface area (Å²) in [6.07, 6.45) is 1.75. The lowest BCUT2D eigenvalue weighted by atomic mass is 10.0. The van der Waals surface area contributed by atoms with Crippen LogP contribution in [0.15, 0.2) is 77.4 Å². The quantitative estimate of drug-likeness (QED) is 0.645. The Labute approximate surface area is 152 Å². The van der Waals surface area contributed by atoms with Gasteiger partial charge in [0.15, 0.2) is 5.76 Å². The number of benzene rings is 2. The standard InChI is InChI=1S/C21H20N2O3/c24-20(22-12-13-23-21(25)19-7-4-14-26-19)15-16-8-10-18(11-9-16)17-5-2-1-3-6-17/h1-11,14H,12-13,15H2,(H,22,24)(H,23,25). The molecule has 132 valence electrons. The molecule has 5 heteroatoms. The molecule has 2 N–H and O–H groups in total. The van der Waals surface area contributed by atoms with Gasteiger partial charge in [-0.1, -0.05) is 54.6 Å². The highest BCUT2D eigenvalue weighted by Crippen LogP contribution is 2.19. The van der Waals surface area contributed by atoms with Crippen LogP contribution in [-0.4, -0.2) is 24.9 Å². The minimum Gasteiger partial charge on any atom is -0.459 e. The number of hydrogen-bond acceptors (Lipinski definition) is 3. The zero-order valence-corrected chi connectivity index (χ0v) is 14.3. The first-order valence-corrected chi connectivity index (χ1v) is 8.45. The second-order valence-corrected chi connectivity index (χ2v) is 5.82. The smallest absolute Gasteiger partial charge is 0.287 e. The minimum atomic E-state index is -0.291. The lowest BCUT2D eigenvalue weighted by Crippen LogP contribution is -2.35. The van der Waals surface area contributed by atoms with Crippen LogP contribution in [0.25, 0.3) is 11.1 Å². The van der Waals surface area contributed by atoms with Gasteiger partial charge in [0.1, 0.15) is 0 Å². The van der Waals surface area contributed by atoms with Crippen LogP contribution in [0.4, 0.5) is 0 Å². The van der Waals surface area contributed by atoms with E-state index in [1.807, 2.05) is 42.5 Å².